The monoisotopic (exact) mass is 650 g/mol. The molecule has 1 aliphatic rings. The summed E-state index contributed by atoms with van der Waals surface area (Å²) in [7, 11) is 0. The van der Waals surface area contributed by atoms with Crippen LogP contribution in [0.1, 0.15) is 21.8 Å². The van der Waals surface area contributed by atoms with Crippen LogP contribution in [0.4, 0.5) is 20.2 Å². The lowest BCUT2D eigenvalue weighted by molar-refractivity contribution is -0.117. The minimum atomic E-state index is -0.930. The van der Waals surface area contributed by atoms with Crippen LogP contribution in [-0.4, -0.2) is 15.0 Å². The molecule has 3 aromatic rings. The summed E-state index contributed by atoms with van der Waals surface area (Å²) < 4.78 is 27.1. The maximum atomic E-state index is 13.9. The fourth-order valence-corrected chi connectivity index (χ4v) is 6.10. The highest BCUT2D eigenvalue weighted by atomic mass is 79.9. The van der Waals surface area contributed by atoms with Gasteiger partial charge in [-0.25, -0.2) is 8.78 Å². The number of nitrogens with one attached hydrogen (secondary N) is 2. The van der Waals surface area contributed by atoms with Crippen LogP contribution in [0.2, 0.25) is 15.1 Å². The molecule has 2 amide bonds. The van der Waals surface area contributed by atoms with Crippen molar-refractivity contribution in [3.8, 4) is 0 Å². The number of amides is 2. The molecule has 34 heavy (non-hydrogen) atoms. The van der Waals surface area contributed by atoms with Crippen LogP contribution in [-0.2, 0) is 4.79 Å². The van der Waals surface area contributed by atoms with Crippen LogP contribution in [0, 0.1) is 17.6 Å². The highest BCUT2D eigenvalue weighted by Crippen LogP contribution is 2.67. The van der Waals surface area contributed by atoms with Crippen molar-refractivity contribution in [2.24, 2.45) is 5.92 Å². The highest BCUT2D eigenvalue weighted by molar-refractivity contribution is 9.25. The first-order valence-corrected chi connectivity index (χ1v) is 12.4. The quantitative estimate of drug-likeness (QED) is 0.274. The van der Waals surface area contributed by atoms with Crippen LogP contribution in [0.3, 0.4) is 0 Å². The first kappa shape index (κ1) is 25.4. The molecule has 176 valence electrons. The van der Waals surface area contributed by atoms with Gasteiger partial charge in [0.2, 0.25) is 5.91 Å². The Kier molecular flexibility index (Phi) is 7.27. The van der Waals surface area contributed by atoms with Crippen molar-refractivity contribution in [2.45, 2.75) is 9.15 Å². The van der Waals surface area contributed by atoms with Gasteiger partial charge in [-0.1, -0.05) is 72.7 Å². The maximum Gasteiger partial charge on any atom is 0.257 e. The molecule has 0 unspecified atom stereocenters. The smallest absolute Gasteiger partial charge is 0.257 e. The van der Waals surface area contributed by atoms with E-state index in [1.807, 2.05) is 0 Å². The molecule has 0 saturated heterocycles. The fourth-order valence-electron chi connectivity index (χ4n) is 3.62. The van der Waals surface area contributed by atoms with Gasteiger partial charge < -0.3 is 10.6 Å². The van der Waals surface area contributed by atoms with E-state index < -0.39 is 32.4 Å². The number of carbonyl (C=O) groups excluding carboxylic acids is 2. The molecule has 0 heterocycles. The van der Waals surface area contributed by atoms with Gasteiger partial charge in [0.25, 0.3) is 5.91 Å². The molecule has 1 aliphatic carbocycles. The summed E-state index contributed by atoms with van der Waals surface area (Å²) in [6.45, 7) is 0. The molecule has 1 fully saturated rings. The van der Waals surface area contributed by atoms with Crippen molar-refractivity contribution in [3.63, 3.8) is 0 Å². The number of anilines is 2. The number of rotatable bonds is 5. The van der Waals surface area contributed by atoms with E-state index in [-0.39, 0.29) is 28.1 Å². The molecule has 4 rings (SSSR count). The Labute approximate surface area is 225 Å². The van der Waals surface area contributed by atoms with Crippen molar-refractivity contribution >= 4 is 89.9 Å². The molecule has 2 atom stereocenters. The van der Waals surface area contributed by atoms with Crippen molar-refractivity contribution in [2.75, 3.05) is 10.6 Å². The molecule has 2 N–H and O–H groups in total. The summed E-state index contributed by atoms with van der Waals surface area (Å²) >= 11 is 25.4. The lowest BCUT2D eigenvalue weighted by Gasteiger charge is -2.11. The number of alkyl halides is 2. The summed E-state index contributed by atoms with van der Waals surface area (Å²) in [5.74, 6) is -3.83. The third-order valence-corrected chi connectivity index (χ3v) is 8.00. The predicted molar refractivity (Wildman–Crippen MR) is 138 cm³/mol. The van der Waals surface area contributed by atoms with Gasteiger partial charge in [0, 0.05) is 21.7 Å². The number of para-hydroxylation sites is 1. The first-order valence-electron chi connectivity index (χ1n) is 9.68. The molecule has 0 aliphatic heterocycles. The Morgan fingerprint density at radius 1 is 0.882 bits per heavy atom. The molecule has 0 bridgehead atoms. The van der Waals surface area contributed by atoms with Crippen molar-refractivity contribution in [1.29, 1.82) is 0 Å². The van der Waals surface area contributed by atoms with Gasteiger partial charge >= 0.3 is 0 Å². The molecule has 0 spiro atoms. The zero-order valence-corrected chi connectivity index (χ0v) is 22.3. The highest BCUT2D eigenvalue weighted by Gasteiger charge is 2.66. The minimum absolute atomic E-state index is 0.0421. The van der Waals surface area contributed by atoms with Gasteiger partial charge in [-0.15, -0.1) is 0 Å². The minimum Gasteiger partial charge on any atom is -0.326 e. The van der Waals surface area contributed by atoms with Crippen molar-refractivity contribution in [1.82, 2.24) is 0 Å². The van der Waals surface area contributed by atoms with E-state index in [9.17, 15) is 18.4 Å². The van der Waals surface area contributed by atoms with E-state index in [1.54, 1.807) is 18.2 Å². The SMILES string of the molecule is O=C(Nc1c(F)cccc1F)c1cc(NC(=O)[C@@H]2[C@@H](c3cc(Cl)cc(Cl)c3)C2(Br)Br)ccc1Cl. The molecular weight excluding hydrogens is 640 g/mol. The second-order valence-electron chi connectivity index (χ2n) is 7.57. The zero-order chi connectivity index (χ0) is 24.8. The van der Waals surface area contributed by atoms with Crippen LogP contribution in [0.15, 0.2) is 54.6 Å². The average molecular weight is 654 g/mol. The van der Waals surface area contributed by atoms with Crippen molar-refractivity contribution in [3.05, 3.63) is 92.4 Å². The Morgan fingerprint density at radius 2 is 1.50 bits per heavy atom. The predicted octanol–water partition coefficient (Wildman–Crippen LogP) is 8.02. The topological polar surface area (TPSA) is 58.2 Å². The number of halogens is 7. The number of hydrogen-bond acceptors (Lipinski definition) is 2. The summed E-state index contributed by atoms with van der Waals surface area (Å²) in [5, 5.41) is 5.86. The molecular formula is C23H13Br2Cl3F2N2O2. The second kappa shape index (κ2) is 9.74. The largest absolute Gasteiger partial charge is 0.326 e. The molecule has 11 heteroatoms. The van der Waals surface area contributed by atoms with Gasteiger partial charge in [-0.2, -0.15) is 0 Å². The normalized spacial score (nSPS) is 18.3. The Balaban J connectivity index is 1.53. The van der Waals surface area contributed by atoms with E-state index in [4.69, 9.17) is 34.8 Å². The van der Waals surface area contributed by atoms with E-state index >= 15 is 0 Å². The molecule has 0 aromatic heterocycles. The van der Waals surface area contributed by atoms with Crippen molar-refractivity contribution < 1.29 is 18.4 Å². The Bertz CT molecular complexity index is 1280. The van der Waals surface area contributed by atoms with Crippen LogP contribution >= 0.6 is 66.7 Å². The van der Waals surface area contributed by atoms with Gasteiger partial charge in [0.15, 0.2) is 0 Å². The van der Waals surface area contributed by atoms with Gasteiger partial charge in [0.05, 0.1) is 16.5 Å². The lowest BCUT2D eigenvalue weighted by atomic mass is 10.1. The summed E-state index contributed by atoms with van der Waals surface area (Å²) in [6, 6.07) is 12.5. The zero-order valence-electron chi connectivity index (χ0n) is 16.8. The summed E-state index contributed by atoms with van der Waals surface area (Å²) in [6.07, 6.45) is 0. The number of hydrogen-bond donors (Lipinski definition) is 2. The molecule has 4 nitrogen and oxygen atoms in total. The molecule has 1 saturated carbocycles. The number of benzene rings is 3. The Hall–Kier alpha value is -1.71. The van der Waals surface area contributed by atoms with Crippen LogP contribution in [0.25, 0.3) is 0 Å². The third-order valence-electron chi connectivity index (χ3n) is 5.26. The second-order valence-corrected chi connectivity index (χ2v) is 12.5. The summed E-state index contributed by atoms with van der Waals surface area (Å²) in [4.78, 5) is 25.7. The fraction of sp³-hybridized carbons (Fsp3) is 0.130. The first-order chi connectivity index (χ1) is 16.0. The molecule has 0 radical (unpaired) electrons. The van der Waals surface area contributed by atoms with Crippen LogP contribution < -0.4 is 10.6 Å². The van der Waals surface area contributed by atoms with E-state index in [0.29, 0.717) is 10.0 Å². The van der Waals surface area contributed by atoms with Gasteiger partial charge in [-0.05, 0) is 54.1 Å². The average Bonchev–Trinajstić information content (AvgIpc) is 3.33. The van der Waals surface area contributed by atoms with Crippen LogP contribution in [0.5, 0.6) is 0 Å². The van der Waals surface area contributed by atoms with Gasteiger partial charge in [-0.3, -0.25) is 9.59 Å². The number of carbonyl (C=O) groups is 2. The standard InChI is InChI=1S/C23H13Br2Cl3F2N2O2/c24-23(25)18(10-6-11(26)8-12(27)7-10)19(23)22(34)31-13-4-5-15(28)14(9-13)21(33)32-20-16(29)2-1-3-17(20)30/h1-9,18-19H,(H,31,34)(H,32,33)/t18-,19+/m1/s1. The van der Waals surface area contributed by atoms with Gasteiger partial charge in [0.1, 0.15) is 20.6 Å². The van der Waals surface area contributed by atoms with E-state index in [1.165, 1.54) is 24.3 Å². The maximum absolute atomic E-state index is 13.9. The van der Waals surface area contributed by atoms with E-state index in [0.717, 1.165) is 17.7 Å². The summed E-state index contributed by atoms with van der Waals surface area (Å²) in [5.41, 5.74) is 0.385. The van der Waals surface area contributed by atoms with E-state index in [2.05, 4.69) is 42.5 Å². The lowest BCUT2D eigenvalue weighted by Crippen LogP contribution is -2.18. The Morgan fingerprint density at radius 3 is 2.12 bits per heavy atom. The molecule has 3 aromatic carbocycles. The third kappa shape index (κ3) is 5.11.